The molecule has 0 aromatic heterocycles. The van der Waals surface area contributed by atoms with Gasteiger partial charge in [0, 0.05) is 12.2 Å². The molecule has 0 aromatic rings. The zero-order valence-electron chi connectivity index (χ0n) is 16.1. The molecule has 0 rings (SSSR count). The Morgan fingerprint density at radius 1 is 0.931 bits per heavy atom. The Kier molecular flexibility index (Phi) is 11.9. The molecule has 0 aliphatic carbocycles. The number of aliphatic hydroxyl groups excluding tert-OH is 1. The van der Waals surface area contributed by atoms with Gasteiger partial charge in [-0.1, -0.05) is 13.8 Å². The fourth-order valence-electron chi connectivity index (χ4n) is 2.12. The number of aliphatic hydroxyl groups is 1. The average molecular weight is 436 g/mol. The van der Waals surface area contributed by atoms with Gasteiger partial charge < -0.3 is 37.0 Å². The number of amides is 3. The summed E-state index contributed by atoms with van der Waals surface area (Å²) in [6.07, 6.45) is -0.520. The van der Waals surface area contributed by atoms with E-state index >= 15 is 0 Å². The van der Waals surface area contributed by atoms with E-state index in [1.165, 1.54) is 0 Å². The lowest BCUT2D eigenvalue weighted by Crippen LogP contribution is -2.59. The second-order valence-corrected chi connectivity index (χ2v) is 6.96. The third-order valence-electron chi connectivity index (χ3n) is 3.87. The van der Waals surface area contributed by atoms with E-state index in [1.54, 1.807) is 13.8 Å². The number of nitrogens with one attached hydrogen (secondary N) is 3. The maximum Gasteiger partial charge on any atom is 0.327 e. The van der Waals surface area contributed by atoms with E-state index in [0.717, 1.165) is 0 Å². The maximum atomic E-state index is 12.4. The van der Waals surface area contributed by atoms with Crippen LogP contribution in [0.1, 0.15) is 26.7 Å². The van der Waals surface area contributed by atoms with Crippen LogP contribution in [-0.4, -0.2) is 81.5 Å². The lowest BCUT2D eigenvalue weighted by molar-refractivity contribution is -0.142. The van der Waals surface area contributed by atoms with Crippen LogP contribution in [-0.2, 0) is 24.0 Å². The molecule has 29 heavy (non-hydrogen) atoms. The van der Waals surface area contributed by atoms with Crippen LogP contribution in [0.4, 0.5) is 0 Å². The molecule has 0 aromatic carbocycles. The molecule has 166 valence electrons. The highest BCUT2D eigenvalue weighted by molar-refractivity contribution is 7.80. The fourth-order valence-corrected chi connectivity index (χ4v) is 2.37. The third-order valence-corrected chi connectivity index (χ3v) is 4.23. The molecule has 0 aliphatic rings. The molecular weight excluding hydrogens is 408 g/mol. The lowest BCUT2D eigenvalue weighted by atomic mass is 10.0. The molecule has 0 spiro atoms. The second-order valence-electron chi connectivity index (χ2n) is 6.59. The largest absolute Gasteiger partial charge is 0.481 e. The van der Waals surface area contributed by atoms with Crippen molar-refractivity contribution >= 4 is 42.3 Å². The van der Waals surface area contributed by atoms with Crippen molar-refractivity contribution in [1.82, 2.24) is 16.0 Å². The summed E-state index contributed by atoms with van der Waals surface area (Å²) in [6, 6.07) is -5.04. The highest BCUT2D eigenvalue weighted by Crippen LogP contribution is 2.04. The number of nitrogens with two attached hydrogens (primary N) is 1. The zero-order valence-corrected chi connectivity index (χ0v) is 17.0. The van der Waals surface area contributed by atoms with E-state index in [4.69, 9.17) is 15.9 Å². The normalized spacial score (nSPS) is 15.0. The topological polar surface area (TPSA) is 208 Å². The Bertz CT molecular complexity index is 616. The van der Waals surface area contributed by atoms with Crippen LogP contribution in [0.15, 0.2) is 0 Å². The molecule has 0 saturated carbocycles. The smallest absolute Gasteiger partial charge is 0.327 e. The average Bonchev–Trinajstić information content (AvgIpc) is 2.64. The van der Waals surface area contributed by atoms with Crippen molar-refractivity contribution in [1.29, 1.82) is 0 Å². The van der Waals surface area contributed by atoms with Gasteiger partial charge in [-0.25, -0.2) is 4.79 Å². The Hall–Kier alpha value is -2.38. The van der Waals surface area contributed by atoms with Crippen molar-refractivity contribution in [3.8, 4) is 0 Å². The van der Waals surface area contributed by atoms with E-state index in [9.17, 15) is 29.1 Å². The van der Waals surface area contributed by atoms with E-state index < -0.39 is 66.4 Å². The molecule has 0 saturated heterocycles. The second kappa shape index (κ2) is 13.0. The molecule has 0 aliphatic heterocycles. The first-order valence-electron chi connectivity index (χ1n) is 8.77. The molecule has 4 atom stereocenters. The van der Waals surface area contributed by atoms with Crippen molar-refractivity contribution in [2.75, 3.05) is 12.4 Å². The van der Waals surface area contributed by atoms with Crippen molar-refractivity contribution in [2.24, 2.45) is 11.7 Å². The number of rotatable bonds is 13. The minimum absolute atomic E-state index is 0.163. The lowest BCUT2D eigenvalue weighted by Gasteiger charge is -2.26. The van der Waals surface area contributed by atoms with Crippen LogP contribution >= 0.6 is 12.6 Å². The van der Waals surface area contributed by atoms with Gasteiger partial charge in [0.05, 0.1) is 12.6 Å². The Morgan fingerprint density at radius 3 is 1.90 bits per heavy atom. The highest BCUT2D eigenvalue weighted by Gasteiger charge is 2.31. The maximum absolute atomic E-state index is 12.4. The van der Waals surface area contributed by atoms with E-state index in [-0.39, 0.29) is 18.6 Å². The number of aliphatic carboxylic acids is 2. The molecule has 4 unspecified atom stereocenters. The zero-order chi connectivity index (χ0) is 22.7. The van der Waals surface area contributed by atoms with Gasteiger partial charge in [0.1, 0.15) is 18.1 Å². The molecule has 13 heteroatoms. The van der Waals surface area contributed by atoms with Crippen LogP contribution in [0, 0.1) is 5.92 Å². The predicted molar refractivity (Wildman–Crippen MR) is 104 cm³/mol. The standard InChI is InChI=1S/C16H28N4O8S/c1-7(2)12(15(26)19-10(6-29)16(27)28)20-14(25)9(5-21)18-13(24)8(17)3-4-11(22)23/h7-10,12,21,29H,3-6,17H2,1-2H3,(H,18,24)(H,19,26)(H,20,25)(H,22,23)(H,27,28). The number of carboxylic acids is 2. The first-order chi connectivity index (χ1) is 13.4. The summed E-state index contributed by atoms with van der Waals surface area (Å²) in [5.41, 5.74) is 5.55. The highest BCUT2D eigenvalue weighted by atomic mass is 32.1. The first-order valence-corrected chi connectivity index (χ1v) is 9.40. The summed E-state index contributed by atoms with van der Waals surface area (Å²) in [6.45, 7) is 2.41. The van der Waals surface area contributed by atoms with Gasteiger partial charge in [-0.2, -0.15) is 12.6 Å². The first kappa shape index (κ1) is 26.6. The number of thiol groups is 1. The molecule has 0 radical (unpaired) electrons. The number of hydrogen-bond donors (Lipinski definition) is 8. The third kappa shape index (κ3) is 9.58. The van der Waals surface area contributed by atoms with Gasteiger partial charge >= 0.3 is 11.9 Å². The van der Waals surface area contributed by atoms with Crippen LogP contribution in [0.5, 0.6) is 0 Å². The Labute approximate surface area is 173 Å². The van der Waals surface area contributed by atoms with Crippen LogP contribution < -0.4 is 21.7 Å². The van der Waals surface area contributed by atoms with Gasteiger partial charge in [-0.3, -0.25) is 19.2 Å². The SMILES string of the molecule is CC(C)C(NC(=O)C(CO)NC(=O)C(N)CCC(=O)O)C(=O)NC(CS)C(=O)O. The van der Waals surface area contributed by atoms with Gasteiger partial charge in [-0.05, 0) is 12.3 Å². The summed E-state index contributed by atoms with van der Waals surface area (Å²) >= 11 is 3.84. The molecule has 0 fully saturated rings. The van der Waals surface area contributed by atoms with Crippen molar-refractivity contribution in [3.63, 3.8) is 0 Å². The molecule has 0 bridgehead atoms. The molecule has 3 amide bonds. The molecule has 8 N–H and O–H groups in total. The number of carboxylic acid groups (broad SMARTS) is 2. The van der Waals surface area contributed by atoms with Crippen LogP contribution in [0.3, 0.4) is 0 Å². The summed E-state index contributed by atoms with van der Waals surface area (Å²) in [7, 11) is 0. The fraction of sp³-hybridized carbons (Fsp3) is 0.688. The summed E-state index contributed by atoms with van der Waals surface area (Å²) in [5.74, 6) is -5.54. The summed E-state index contributed by atoms with van der Waals surface area (Å²) in [4.78, 5) is 58.2. The van der Waals surface area contributed by atoms with Crippen molar-refractivity contribution in [3.05, 3.63) is 0 Å². The van der Waals surface area contributed by atoms with Gasteiger partial charge in [0.25, 0.3) is 0 Å². The van der Waals surface area contributed by atoms with Crippen LogP contribution in [0.25, 0.3) is 0 Å². The van der Waals surface area contributed by atoms with Crippen molar-refractivity contribution < 1.29 is 39.3 Å². The van der Waals surface area contributed by atoms with E-state index in [0.29, 0.717) is 0 Å². The van der Waals surface area contributed by atoms with Gasteiger partial charge in [-0.15, -0.1) is 0 Å². The van der Waals surface area contributed by atoms with Gasteiger partial charge in [0.2, 0.25) is 17.7 Å². The Morgan fingerprint density at radius 2 is 1.48 bits per heavy atom. The number of carbonyl (C=O) groups is 5. The van der Waals surface area contributed by atoms with E-state index in [1.807, 2.05) is 0 Å². The monoisotopic (exact) mass is 436 g/mol. The number of hydrogen-bond acceptors (Lipinski definition) is 8. The van der Waals surface area contributed by atoms with E-state index in [2.05, 4.69) is 28.6 Å². The van der Waals surface area contributed by atoms with Gasteiger partial charge in [0.15, 0.2) is 0 Å². The summed E-state index contributed by atoms with van der Waals surface area (Å²) < 4.78 is 0. The molecule has 12 nitrogen and oxygen atoms in total. The summed E-state index contributed by atoms with van der Waals surface area (Å²) in [5, 5.41) is 33.8. The predicted octanol–water partition coefficient (Wildman–Crippen LogP) is -2.70. The molecular formula is C16H28N4O8S. The number of carbonyl (C=O) groups excluding carboxylic acids is 3. The Balaban J connectivity index is 5.04. The van der Waals surface area contributed by atoms with Crippen molar-refractivity contribution in [2.45, 2.75) is 50.9 Å². The quantitative estimate of drug-likeness (QED) is 0.141. The minimum Gasteiger partial charge on any atom is -0.481 e. The minimum atomic E-state index is -1.44. The van der Waals surface area contributed by atoms with Crippen LogP contribution in [0.2, 0.25) is 0 Å². The molecule has 0 heterocycles.